The van der Waals surface area contributed by atoms with Crippen LogP contribution in [0.3, 0.4) is 0 Å². The van der Waals surface area contributed by atoms with Crippen LogP contribution in [-0.2, 0) is 9.59 Å². The Bertz CT molecular complexity index is 746. The van der Waals surface area contributed by atoms with E-state index in [0.29, 0.717) is 12.1 Å². The zero-order chi connectivity index (χ0) is 20.4. The molecule has 0 atom stereocenters. The minimum atomic E-state index is -0.576. The van der Waals surface area contributed by atoms with Gasteiger partial charge in [-0.05, 0) is 31.4 Å². The highest BCUT2D eigenvalue weighted by atomic mass is 16.3. The maximum Gasteiger partial charge on any atom is 0.232 e. The van der Waals surface area contributed by atoms with E-state index in [-0.39, 0.29) is 11.3 Å². The third-order valence-electron chi connectivity index (χ3n) is 5.26. The van der Waals surface area contributed by atoms with Gasteiger partial charge in [0.05, 0.1) is 5.70 Å². The van der Waals surface area contributed by atoms with Crippen molar-refractivity contribution in [1.29, 1.82) is 0 Å². The number of aliphatic hydroxyl groups is 1. The fourth-order valence-electron chi connectivity index (χ4n) is 3.48. The van der Waals surface area contributed by atoms with E-state index in [1.807, 2.05) is 31.2 Å². The summed E-state index contributed by atoms with van der Waals surface area (Å²) in [7, 11) is 0. The lowest BCUT2D eigenvalue weighted by Gasteiger charge is -2.18. The molecule has 0 unspecified atom stereocenters. The van der Waals surface area contributed by atoms with Crippen molar-refractivity contribution in [3.63, 3.8) is 0 Å². The summed E-state index contributed by atoms with van der Waals surface area (Å²) in [6.45, 7) is 4.17. The number of allylic oxidation sites excluding steroid dienone is 2. The highest BCUT2D eigenvalue weighted by Crippen LogP contribution is 2.26. The molecule has 0 amide bonds. The first kappa shape index (κ1) is 21.9. The average molecular weight is 384 g/mol. The molecule has 0 fully saturated rings. The summed E-state index contributed by atoms with van der Waals surface area (Å²) in [5.41, 5.74) is 2.36. The first-order valence-corrected chi connectivity index (χ1v) is 10.6. The van der Waals surface area contributed by atoms with Crippen LogP contribution in [0, 0.1) is 6.92 Å². The second kappa shape index (κ2) is 11.5. The van der Waals surface area contributed by atoms with Crippen molar-refractivity contribution in [2.45, 2.75) is 78.1 Å². The van der Waals surface area contributed by atoms with Crippen LogP contribution in [0.2, 0.25) is 0 Å². The summed E-state index contributed by atoms with van der Waals surface area (Å²) in [6.07, 6.45) is 12.3. The number of para-hydroxylation sites is 1. The van der Waals surface area contributed by atoms with Crippen LogP contribution < -0.4 is 5.32 Å². The average Bonchev–Trinajstić information content (AvgIpc) is 2.68. The maximum atomic E-state index is 12.2. The summed E-state index contributed by atoms with van der Waals surface area (Å²) in [5.74, 6) is -1.24. The largest absolute Gasteiger partial charge is 0.505 e. The highest BCUT2D eigenvalue weighted by Gasteiger charge is 2.28. The van der Waals surface area contributed by atoms with Gasteiger partial charge in [0.15, 0.2) is 0 Å². The molecule has 0 saturated carbocycles. The zero-order valence-corrected chi connectivity index (χ0v) is 17.2. The van der Waals surface area contributed by atoms with Crippen LogP contribution in [0.4, 0.5) is 5.69 Å². The van der Waals surface area contributed by atoms with E-state index in [4.69, 9.17) is 0 Å². The van der Waals surface area contributed by atoms with Gasteiger partial charge in [-0.2, -0.15) is 0 Å². The summed E-state index contributed by atoms with van der Waals surface area (Å²) in [6, 6.07) is 7.64. The van der Waals surface area contributed by atoms with Crippen molar-refractivity contribution in [3.05, 3.63) is 52.9 Å². The van der Waals surface area contributed by atoms with Crippen molar-refractivity contribution in [2.75, 3.05) is 5.32 Å². The standard InChI is InChI=1S/C24H33NO3/c1-3-4-5-6-7-8-9-10-11-15-19-23(27)21(17-22(26)24(19)28)25-20-16-13-12-14-18(20)2/h12-14,16-17,25,27H,3-11,15H2,1-2H3. The number of hydrogen-bond donors (Lipinski definition) is 2. The smallest absolute Gasteiger partial charge is 0.232 e. The molecule has 0 aliphatic heterocycles. The van der Waals surface area contributed by atoms with Gasteiger partial charge in [0.1, 0.15) is 5.76 Å². The minimum absolute atomic E-state index is 0.0904. The number of carbonyl (C=O) groups excluding carboxylic acids is 2. The van der Waals surface area contributed by atoms with Gasteiger partial charge in [0.2, 0.25) is 11.6 Å². The van der Waals surface area contributed by atoms with E-state index in [1.54, 1.807) is 0 Å². The van der Waals surface area contributed by atoms with E-state index < -0.39 is 11.6 Å². The van der Waals surface area contributed by atoms with Gasteiger partial charge in [-0.15, -0.1) is 0 Å². The second-order valence-electron chi connectivity index (χ2n) is 7.60. The molecule has 1 aliphatic carbocycles. The lowest BCUT2D eigenvalue weighted by atomic mass is 9.93. The molecule has 2 N–H and O–H groups in total. The molecule has 1 aliphatic rings. The van der Waals surface area contributed by atoms with Crippen LogP contribution in [0.1, 0.15) is 76.7 Å². The van der Waals surface area contributed by atoms with Gasteiger partial charge in [-0.25, -0.2) is 0 Å². The Kier molecular flexibility index (Phi) is 8.99. The van der Waals surface area contributed by atoms with Gasteiger partial charge in [-0.1, -0.05) is 76.5 Å². The number of rotatable bonds is 12. The number of anilines is 1. The number of hydrogen-bond acceptors (Lipinski definition) is 4. The molecule has 1 aromatic carbocycles. The molecule has 0 heterocycles. The fraction of sp³-hybridized carbons (Fsp3) is 0.500. The SMILES string of the molecule is CCCCCCCCCCCC1=C(O)C(Nc2ccccc2C)=CC(=O)C1=O. The van der Waals surface area contributed by atoms with Crippen molar-refractivity contribution in [1.82, 2.24) is 0 Å². The Labute approximate surface area is 168 Å². The zero-order valence-electron chi connectivity index (χ0n) is 17.2. The van der Waals surface area contributed by atoms with Gasteiger partial charge in [-0.3, -0.25) is 9.59 Å². The highest BCUT2D eigenvalue weighted by molar-refractivity contribution is 6.48. The van der Waals surface area contributed by atoms with Crippen LogP contribution in [-0.4, -0.2) is 16.7 Å². The molecule has 152 valence electrons. The van der Waals surface area contributed by atoms with E-state index in [1.165, 1.54) is 44.6 Å². The van der Waals surface area contributed by atoms with E-state index in [2.05, 4.69) is 12.2 Å². The van der Waals surface area contributed by atoms with Crippen LogP contribution >= 0.6 is 0 Å². The predicted octanol–water partition coefficient (Wildman–Crippen LogP) is 6.18. The molecule has 2 rings (SSSR count). The molecule has 0 bridgehead atoms. The molecule has 0 radical (unpaired) electrons. The lowest BCUT2D eigenvalue weighted by molar-refractivity contribution is -0.132. The van der Waals surface area contributed by atoms with Crippen LogP contribution in [0.15, 0.2) is 47.4 Å². The Morgan fingerprint density at radius 2 is 1.50 bits per heavy atom. The van der Waals surface area contributed by atoms with Gasteiger partial charge in [0, 0.05) is 17.3 Å². The van der Waals surface area contributed by atoms with Gasteiger partial charge >= 0.3 is 0 Å². The number of aryl methyl sites for hydroxylation is 1. The normalized spacial score (nSPS) is 14.4. The molecule has 4 nitrogen and oxygen atoms in total. The second-order valence-corrected chi connectivity index (χ2v) is 7.60. The van der Waals surface area contributed by atoms with E-state index in [9.17, 15) is 14.7 Å². The van der Waals surface area contributed by atoms with Crippen molar-refractivity contribution in [2.24, 2.45) is 0 Å². The molecule has 0 saturated heterocycles. The molecule has 1 aromatic rings. The molecule has 28 heavy (non-hydrogen) atoms. The molecule has 0 spiro atoms. The summed E-state index contributed by atoms with van der Waals surface area (Å²) >= 11 is 0. The topological polar surface area (TPSA) is 66.4 Å². The Hall–Kier alpha value is -2.36. The lowest BCUT2D eigenvalue weighted by Crippen LogP contribution is -2.24. The number of benzene rings is 1. The van der Waals surface area contributed by atoms with Crippen molar-refractivity contribution in [3.8, 4) is 0 Å². The van der Waals surface area contributed by atoms with Crippen molar-refractivity contribution < 1.29 is 14.7 Å². The first-order chi connectivity index (χ1) is 13.5. The number of Topliss-reactive ketones (excluding diaryl/α,β-unsaturated/α-hetero) is 1. The predicted molar refractivity (Wildman–Crippen MR) is 114 cm³/mol. The summed E-state index contributed by atoms with van der Waals surface area (Å²) < 4.78 is 0. The van der Waals surface area contributed by atoms with Gasteiger partial charge in [0.25, 0.3) is 0 Å². The van der Waals surface area contributed by atoms with Crippen LogP contribution in [0.5, 0.6) is 0 Å². The Balaban J connectivity index is 1.87. The maximum absolute atomic E-state index is 12.2. The fourth-order valence-corrected chi connectivity index (χ4v) is 3.48. The summed E-state index contributed by atoms with van der Waals surface area (Å²) in [5, 5.41) is 13.7. The molecule has 0 aromatic heterocycles. The van der Waals surface area contributed by atoms with E-state index in [0.717, 1.165) is 30.5 Å². The number of carbonyl (C=O) groups is 2. The third kappa shape index (κ3) is 6.36. The quantitative estimate of drug-likeness (QED) is 0.257. The molecular weight excluding hydrogens is 350 g/mol. The Morgan fingerprint density at radius 1 is 0.893 bits per heavy atom. The van der Waals surface area contributed by atoms with Crippen LogP contribution in [0.25, 0.3) is 0 Å². The monoisotopic (exact) mass is 383 g/mol. The third-order valence-corrected chi connectivity index (χ3v) is 5.26. The minimum Gasteiger partial charge on any atom is -0.505 e. The number of nitrogens with one attached hydrogen (secondary N) is 1. The molecular formula is C24H33NO3. The number of aliphatic hydroxyl groups excluding tert-OH is 1. The Morgan fingerprint density at radius 3 is 2.14 bits per heavy atom. The van der Waals surface area contributed by atoms with Crippen molar-refractivity contribution >= 4 is 17.3 Å². The number of unbranched alkanes of at least 4 members (excludes halogenated alkanes) is 8. The first-order valence-electron chi connectivity index (χ1n) is 10.6. The number of ketones is 2. The van der Waals surface area contributed by atoms with Gasteiger partial charge < -0.3 is 10.4 Å². The van der Waals surface area contributed by atoms with E-state index >= 15 is 0 Å². The molecule has 4 heteroatoms. The summed E-state index contributed by atoms with van der Waals surface area (Å²) in [4.78, 5) is 24.3.